The number of rotatable bonds is 12. The average Bonchev–Trinajstić information content (AvgIpc) is 3.24. The summed E-state index contributed by atoms with van der Waals surface area (Å²) >= 11 is 0. The second kappa shape index (κ2) is 12.0. The third-order valence-electron chi connectivity index (χ3n) is 5.49. The molecule has 2 N–H and O–H groups in total. The molecule has 176 valence electrons. The number of hydrogen-bond donors (Lipinski definition) is 2. The molecule has 0 aliphatic carbocycles. The highest BCUT2D eigenvalue weighted by Crippen LogP contribution is 2.23. The van der Waals surface area contributed by atoms with Crippen LogP contribution in [0, 0.1) is 5.92 Å². The van der Waals surface area contributed by atoms with Crippen molar-refractivity contribution in [1.82, 2.24) is 20.5 Å². The van der Waals surface area contributed by atoms with E-state index in [1.807, 2.05) is 36.4 Å². The number of carbonyl (C=O) groups excluding carboxylic acids is 2. The summed E-state index contributed by atoms with van der Waals surface area (Å²) in [6.07, 6.45) is 4.59. The van der Waals surface area contributed by atoms with Gasteiger partial charge in [-0.1, -0.05) is 19.9 Å². The van der Waals surface area contributed by atoms with Gasteiger partial charge in [-0.05, 0) is 43.0 Å². The molecule has 0 bridgehead atoms. The van der Waals surface area contributed by atoms with Crippen LogP contribution >= 0.6 is 0 Å². The topological polar surface area (TPSA) is 100 Å². The number of aromatic nitrogens is 3. The fourth-order valence-electron chi connectivity index (χ4n) is 3.61. The highest BCUT2D eigenvalue weighted by atomic mass is 16.5. The first-order valence-electron chi connectivity index (χ1n) is 11.5. The van der Waals surface area contributed by atoms with Crippen molar-refractivity contribution in [3.8, 4) is 5.75 Å². The van der Waals surface area contributed by atoms with E-state index in [1.54, 1.807) is 18.2 Å². The SMILES string of the molecule is COc1cccc(N(CCCNC(=O)CCC(C)C)C(=O)CCc2n[nH]c3ncccc23)c1. The average molecular weight is 452 g/mol. The van der Waals surface area contributed by atoms with Gasteiger partial charge in [0.15, 0.2) is 5.65 Å². The molecule has 3 rings (SSSR count). The first kappa shape index (κ1) is 24.2. The Hall–Kier alpha value is -3.42. The van der Waals surface area contributed by atoms with Crippen LogP contribution in [-0.4, -0.2) is 47.2 Å². The minimum atomic E-state index is -0.00516. The summed E-state index contributed by atoms with van der Waals surface area (Å²) in [5.74, 6) is 1.24. The van der Waals surface area contributed by atoms with Gasteiger partial charge in [0.1, 0.15) is 5.75 Å². The number of hydrogen-bond acceptors (Lipinski definition) is 5. The number of fused-ring (bicyclic) bond motifs is 1. The first-order chi connectivity index (χ1) is 16.0. The van der Waals surface area contributed by atoms with Gasteiger partial charge in [0.2, 0.25) is 11.8 Å². The molecule has 0 spiro atoms. The summed E-state index contributed by atoms with van der Waals surface area (Å²) in [6.45, 7) is 5.24. The van der Waals surface area contributed by atoms with Crippen molar-refractivity contribution >= 4 is 28.5 Å². The molecule has 0 aliphatic rings. The fraction of sp³-hybridized carbons (Fsp3) is 0.440. The summed E-state index contributed by atoms with van der Waals surface area (Å²) in [6, 6.07) is 11.3. The Morgan fingerprint density at radius 2 is 2.03 bits per heavy atom. The molecule has 0 radical (unpaired) electrons. The second-order valence-electron chi connectivity index (χ2n) is 8.45. The third-order valence-corrected chi connectivity index (χ3v) is 5.49. The zero-order valence-corrected chi connectivity index (χ0v) is 19.6. The maximum Gasteiger partial charge on any atom is 0.227 e. The molecule has 0 unspecified atom stereocenters. The van der Waals surface area contributed by atoms with Gasteiger partial charge < -0.3 is 15.0 Å². The quantitative estimate of drug-likeness (QED) is 0.407. The van der Waals surface area contributed by atoms with Gasteiger partial charge in [-0.15, -0.1) is 0 Å². The lowest BCUT2D eigenvalue weighted by Crippen LogP contribution is -2.34. The van der Waals surface area contributed by atoms with Crippen LogP contribution in [-0.2, 0) is 16.0 Å². The Morgan fingerprint density at radius 1 is 1.18 bits per heavy atom. The third kappa shape index (κ3) is 7.03. The first-order valence-corrected chi connectivity index (χ1v) is 11.5. The van der Waals surface area contributed by atoms with Crippen LogP contribution in [0.2, 0.25) is 0 Å². The number of ether oxygens (including phenoxy) is 1. The summed E-state index contributed by atoms with van der Waals surface area (Å²) in [7, 11) is 1.61. The maximum atomic E-state index is 13.2. The Balaban J connectivity index is 1.62. The molecule has 3 aromatic rings. The Kier molecular flexibility index (Phi) is 8.80. The van der Waals surface area contributed by atoms with Gasteiger partial charge in [0, 0.05) is 55.7 Å². The lowest BCUT2D eigenvalue weighted by Gasteiger charge is -2.23. The van der Waals surface area contributed by atoms with Gasteiger partial charge >= 0.3 is 0 Å². The predicted octanol–water partition coefficient (Wildman–Crippen LogP) is 3.87. The van der Waals surface area contributed by atoms with E-state index in [4.69, 9.17) is 4.74 Å². The Bertz CT molecular complexity index is 1060. The van der Waals surface area contributed by atoms with Crippen LogP contribution < -0.4 is 15.0 Å². The van der Waals surface area contributed by atoms with Crippen LogP contribution in [0.15, 0.2) is 42.6 Å². The number of pyridine rings is 1. The summed E-state index contributed by atoms with van der Waals surface area (Å²) in [5.41, 5.74) is 2.33. The van der Waals surface area contributed by atoms with Crippen molar-refractivity contribution in [3.63, 3.8) is 0 Å². The maximum absolute atomic E-state index is 13.2. The number of nitrogens with one attached hydrogen (secondary N) is 2. The van der Waals surface area contributed by atoms with Gasteiger partial charge in [0.05, 0.1) is 12.8 Å². The summed E-state index contributed by atoms with van der Waals surface area (Å²) in [5, 5.41) is 11.1. The molecular formula is C25H33N5O3. The number of aromatic amines is 1. The van der Waals surface area contributed by atoms with E-state index in [0.29, 0.717) is 50.4 Å². The molecular weight excluding hydrogens is 418 g/mol. The van der Waals surface area contributed by atoms with E-state index in [9.17, 15) is 9.59 Å². The van der Waals surface area contributed by atoms with Crippen LogP contribution in [0.5, 0.6) is 5.75 Å². The van der Waals surface area contributed by atoms with Crippen molar-refractivity contribution < 1.29 is 14.3 Å². The Labute approximate surface area is 194 Å². The van der Waals surface area contributed by atoms with Gasteiger partial charge in [0.25, 0.3) is 0 Å². The van der Waals surface area contributed by atoms with Crippen LogP contribution in [0.4, 0.5) is 5.69 Å². The minimum Gasteiger partial charge on any atom is -0.497 e. The zero-order valence-electron chi connectivity index (χ0n) is 19.6. The number of anilines is 1. The second-order valence-corrected chi connectivity index (χ2v) is 8.45. The molecule has 0 aliphatic heterocycles. The van der Waals surface area contributed by atoms with E-state index in [2.05, 4.69) is 34.3 Å². The molecule has 8 nitrogen and oxygen atoms in total. The number of H-pyrrole nitrogens is 1. The normalized spacial score (nSPS) is 11.0. The molecule has 2 heterocycles. The predicted molar refractivity (Wildman–Crippen MR) is 129 cm³/mol. The highest BCUT2D eigenvalue weighted by Gasteiger charge is 2.18. The van der Waals surface area contributed by atoms with E-state index in [0.717, 1.165) is 28.8 Å². The van der Waals surface area contributed by atoms with Crippen molar-refractivity contribution in [2.75, 3.05) is 25.1 Å². The smallest absolute Gasteiger partial charge is 0.227 e. The summed E-state index contributed by atoms with van der Waals surface area (Å²) in [4.78, 5) is 31.2. The van der Waals surface area contributed by atoms with Crippen LogP contribution in [0.25, 0.3) is 11.0 Å². The molecule has 0 saturated heterocycles. The van der Waals surface area contributed by atoms with Gasteiger partial charge in [-0.25, -0.2) is 4.98 Å². The van der Waals surface area contributed by atoms with Gasteiger partial charge in [-0.2, -0.15) is 5.10 Å². The summed E-state index contributed by atoms with van der Waals surface area (Å²) < 4.78 is 5.34. The standard InChI is InChI=1S/C25H33N5O3/c1-18(2)10-12-23(31)26-15-6-16-30(19-7-4-8-20(17-19)33-3)24(32)13-11-22-21-9-5-14-27-25(21)29-28-22/h4-5,7-9,14,17-18H,6,10-13,15-16H2,1-3H3,(H,26,31)(H,27,28,29). The molecule has 2 aromatic heterocycles. The van der Waals surface area contributed by atoms with Crippen molar-refractivity contribution in [2.24, 2.45) is 5.92 Å². The van der Waals surface area contributed by atoms with Crippen molar-refractivity contribution in [2.45, 2.75) is 46.0 Å². The molecule has 0 saturated carbocycles. The minimum absolute atomic E-state index is 0.00516. The number of benzene rings is 1. The van der Waals surface area contributed by atoms with E-state index in [-0.39, 0.29) is 11.8 Å². The molecule has 0 fully saturated rings. The molecule has 33 heavy (non-hydrogen) atoms. The van der Waals surface area contributed by atoms with Crippen molar-refractivity contribution in [1.29, 1.82) is 0 Å². The molecule has 0 atom stereocenters. The Morgan fingerprint density at radius 3 is 2.82 bits per heavy atom. The number of aryl methyl sites for hydroxylation is 1. The zero-order chi connectivity index (χ0) is 23.6. The van der Waals surface area contributed by atoms with E-state index in [1.165, 1.54) is 0 Å². The number of nitrogens with zero attached hydrogens (tertiary/aromatic N) is 3. The van der Waals surface area contributed by atoms with Crippen molar-refractivity contribution in [3.05, 3.63) is 48.3 Å². The molecule has 2 amide bonds. The lowest BCUT2D eigenvalue weighted by molar-refractivity contribution is -0.121. The monoisotopic (exact) mass is 451 g/mol. The fourth-order valence-corrected chi connectivity index (χ4v) is 3.61. The molecule has 8 heteroatoms. The lowest BCUT2D eigenvalue weighted by atomic mass is 10.1. The number of methoxy groups -OCH3 is 1. The van der Waals surface area contributed by atoms with Crippen LogP contribution in [0.1, 0.15) is 45.2 Å². The highest BCUT2D eigenvalue weighted by molar-refractivity contribution is 5.94. The number of amides is 2. The van der Waals surface area contributed by atoms with Crippen LogP contribution in [0.3, 0.4) is 0 Å². The largest absolute Gasteiger partial charge is 0.497 e. The molecule has 1 aromatic carbocycles. The number of carbonyl (C=O) groups is 2. The van der Waals surface area contributed by atoms with Gasteiger partial charge in [-0.3, -0.25) is 14.7 Å². The van der Waals surface area contributed by atoms with E-state index < -0.39 is 0 Å². The van der Waals surface area contributed by atoms with E-state index >= 15 is 0 Å².